The van der Waals surface area contributed by atoms with E-state index in [-0.39, 0.29) is 0 Å². The second-order valence-electron chi connectivity index (χ2n) is 6.44. The number of fused-ring (bicyclic) bond motifs is 1. The summed E-state index contributed by atoms with van der Waals surface area (Å²) in [6.45, 7) is 8.79. The maximum Gasteiger partial charge on any atom is 0.0688 e. The van der Waals surface area contributed by atoms with Crippen LogP contribution in [0, 0.1) is 0 Å². The van der Waals surface area contributed by atoms with E-state index in [1.54, 1.807) is 0 Å². The van der Waals surface area contributed by atoms with Crippen molar-refractivity contribution in [3.63, 3.8) is 0 Å². The number of benzene rings is 1. The van der Waals surface area contributed by atoms with Crippen LogP contribution in [0.25, 0.3) is 10.9 Å². The first-order valence-corrected chi connectivity index (χ1v) is 7.67. The van der Waals surface area contributed by atoms with Crippen molar-refractivity contribution in [1.29, 1.82) is 0 Å². The van der Waals surface area contributed by atoms with Gasteiger partial charge in [-0.05, 0) is 44.2 Å². The molecule has 2 atom stereocenters. The molecule has 0 N–H and O–H groups in total. The lowest BCUT2D eigenvalue weighted by molar-refractivity contribution is -0.0499. The quantitative estimate of drug-likeness (QED) is 0.815. The van der Waals surface area contributed by atoms with E-state index in [1.165, 1.54) is 16.5 Å². The fourth-order valence-electron chi connectivity index (χ4n) is 3.27. The minimum absolute atomic E-state index is 0.316. The minimum atomic E-state index is 0.316. The monoisotopic (exact) mass is 272 g/mol. The summed E-state index contributed by atoms with van der Waals surface area (Å²) in [4.78, 5) is 0. The van der Waals surface area contributed by atoms with Crippen molar-refractivity contribution >= 4 is 10.9 Å². The van der Waals surface area contributed by atoms with Crippen LogP contribution in [0.2, 0.25) is 0 Å². The summed E-state index contributed by atoms with van der Waals surface area (Å²) in [5.74, 6) is 0.551. The SMILES string of the molecule is CC1CC(n2ncc3ccc(C(C)C)cc32)CC(C)O1. The molecule has 108 valence electrons. The minimum Gasteiger partial charge on any atom is -0.375 e. The standard InChI is InChI=1S/C17H24N2O/c1-11(2)14-5-6-15-10-18-19(17(15)9-14)16-7-12(3)20-13(4)8-16/h5-6,9-13,16H,7-8H2,1-4H3. The van der Waals surface area contributed by atoms with Crippen LogP contribution in [-0.2, 0) is 4.74 Å². The number of nitrogens with zero attached hydrogens (tertiary/aromatic N) is 2. The number of rotatable bonds is 2. The lowest BCUT2D eigenvalue weighted by Gasteiger charge is -2.32. The lowest BCUT2D eigenvalue weighted by Crippen LogP contribution is -2.31. The summed E-state index contributed by atoms with van der Waals surface area (Å²) < 4.78 is 8.07. The zero-order valence-electron chi connectivity index (χ0n) is 12.8. The highest BCUT2D eigenvalue weighted by Crippen LogP contribution is 2.32. The predicted octanol–water partition coefficient (Wildman–Crippen LogP) is 4.29. The number of hydrogen-bond donors (Lipinski definition) is 0. The Balaban J connectivity index is 2.00. The lowest BCUT2D eigenvalue weighted by atomic mass is 9.99. The van der Waals surface area contributed by atoms with Gasteiger partial charge >= 0.3 is 0 Å². The largest absolute Gasteiger partial charge is 0.375 e. The third kappa shape index (κ3) is 2.47. The summed E-state index contributed by atoms with van der Waals surface area (Å²) in [5, 5.41) is 5.89. The predicted molar refractivity (Wildman–Crippen MR) is 82.1 cm³/mol. The van der Waals surface area contributed by atoms with Crippen molar-refractivity contribution in [3.05, 3.63) is 30.0 Å². The van der Waals surface area contributed by atoms with E-state index in [4.69, 9.17) is 4.74 Å². The summed E-state index contributed by atoms with van der Waals surface area (Å²) >= 11 is 0. The third-order valence-corrected chi connectivity index (χ3v) is 4.31. The van der Waals surface area contributed by atoms with Gasteiger partial charge in [-0.15, -0.1) is 0 Å². The van der Waals surface area contributed by atoms with E-state index in [0.29, 0.717) is 24.2 Å². The summed E-state index contributed by atoms with van der Waals surface area (Å²) in [7, 11) is 0. The van der Waals surface area contributed by atoms with Crippen molar-refractivity contribution in [2.24, 2.45) is 0 Å². The first kappa shape index (κ1) is 13.6. The Hall–Kier alpha value is -1.35. The first-order chi connectivity index (χ1) is 9.54. The Morgan fingerprint density at radius 1 is 1.20 bits per heavy atom. The molecule has 1 aliphatic heterocycles. The van der Waals surface area contributed by atoms with E-state index >= 15 is 0 Å². The van der Waals surface area contributed by atoms with Crippen LogP contribution in [0.15, 0.2) is 24.4 Å². The van der Waals surface area contributed by atoms with Gasteiger partial charge in [-0.3, -0.25) is 4.68 Å². The Morgan fingerprint density at radius 2 is 1.90 bits per heavy atom. The first-order valence-electron chi connectivity index (χ1n) is 7.67. The van der Waals surface area contributed by atoms with Gasteiger partial charge in [0.05, 0.1) is 30.0 Å². The second kappa shape index (κ2) is 5.21. The molecule has 0 spiro atoms. The number of ether oxygens (including phenoxy) is 1. The van der Waals surface area contributed by atoms with Crippen LogP contribution < -0.4 is 0 Å². The van der Waals surface area contributed by atoms with Crippen LogP contribution in [0.1, 0.15) is 58.1 Å². The van der Waals surface area contributed by atoms with Crippen LogP contribution in [0.4, 0.5) is 0 Å². The van der Waals surface area contributed by atoms with E-state index < -0.39 is 0 Å². The zero-order valence-corrected chi connectivity index (χ0v) is 12.8. The molecule has 2 unspecified atom stereocenters. The molecular weight excluding hydrogens is 248 g/mol. The maximum atomic E-state index is 5.85. The smallest absolute Gasteiger partial charge is 0.0688 e. The Bertz CT molecular complexity index is 592. The van der Waals surface area contributed by atoms with Gasteiger partial charge < -0.3 is 4.74 Å². The molecule has 0 saturated carbocycles. The molecule has 20 heavy (non-hydrogen) atoms. The number of aromatic nitrogens is 2. The molecule has 2 aromatic rings. The molecule has 0 amide bonds. The van der Waals surface area contributed by atoms with Gasteiger partial charge in [0, 0.05) is 5.39 Å². The van der Waals surface area contributed by atoms with E-state index in [1.807, 2.05) is 6.20 Å². The molecule has 3 rings (SSSR count). The van der Waals surface area contributed by atoms with Gasteiger partial charge in [0.2, 0.25) is 0 Å². The van der Waals surface area contributed by atoms with Gasteiger partial charge in [-0.25, -0.2) is 0 Å². The summed E-state index contributed by atoms with van der Waals surface area (Å²) in [6, 6.07) is 7.17. The average molecular weight is 272 g/mol. The van der Waals surface area contributed by atoms with E-state index in [9.17, 15) is 0 Å². The van der Waals surface area contributed by atoms with Crippen molar-refractivity contribution < 1.29 is 4.74 Å². The molecular formula is C17H24N2O. The Kier molecular flexibility index (Phi) is 3.55. The highest BCUT2D eigenvalue weighted by atomic mass is 16.5. The highest BCUT2D eigenvalue weighted by molar-refractivity contribution is 5.79. The van der Waals surface area contributed by atoms with Gasteiger partial charge in [0.1, 0.15) is 0 Å². The third-order valence-electron chi connectivity index (χ3n) is 4.31. The Labute approximate surface area is 120 Å². The summed E-state index contributed by atoms with van der Waals surface area (Å²) in [6.07, 6.45) is 4.72. The Morgan fingerprint density at radius 3 is 2.55 bits per heavy atom. The topological polar surface area (TPSA) is 27.1 Å². The second-order valence-corrected chi connectivity index (χ2v) is 6.44. The highest BCUT2D eigenvalue weighted by Gasteiger charge is 2.27. The molecule has 1 aromatic carbocycles. The molecule has 1 fully saturated rings. The molecule has 2 heterocycles. The van der Waals surface area contributed by atoms with Gasteiger partial charge in [0.15, 0.2) is 0 Å². The van der Waals surface area contributed by atoms with Crippen LogP contribution in [-0.4, -0.2) is 22.0 Å². The average Bonchev–Trinajstić information content (AvgIpc) is 2.80. The molecule has 1 saturated heterocycles. The fourth-order valence-corrected chi connectivity index (χ4v) is 3.27. The molecule has 1 aliphatic rings. The molecule has 1 aromatic heterocycles. The van der Waals surface area contributed by atoms with Gasteiger partial charge in [-0.2, -0.15) is 5.10 Å². The van der Waals surface area contributed by atoms with Crippen LogP contribution in [0.3, 0.4) is 0 Å². The van der Waals surface area contributed by atoms with Crippen molar-refractivity contribution in [3.8, 4) is 0 Å². The van der Waals surface area contributed by atoms with Crippen molar-refractivity contribution in [1.82, 2.24) is 9.78 Å². The van der Waals surface area contributed by atoms with E-state index in [0.717, 1.165) is 12.8 Å². The van der Waals surface area contributed by atoms with Crippen molar-refractivity contribution in [2.45, 2.75) is 64.7 Å². The fraction of sp³-hybridized carbons (Fsp3) is 0.588. The molecule has 3 heteroatoms. The van der Waals surface area contributed by atoms with Crippen LogP contribution >= 0.6 is 0 Å². The van der Waals surface area contributed by atoms with Crippen LogP contribution in [0.5, 0.6) is 0 Å². The van der Waals surface area contributed by atoms with E-state index in [2.05, 4.69) is 55.7 Å². The van der Waals surface area contributed by atoms with Gasteiger partial charge in [-0.1, -0.05) is 26.0 Å². The van der Waals surface area contributed by atoms with Crippen molar-refractivity contribution in [2.75, 3.05) is 0 Å². The molecule has 0 bridgehead atoms. The van der Waals surface area contributed by atoms with Gasteiger partial charge in [0.25, 0.3) is 0 Å². The normalized spacial score (nSPS) is 27.4. The molecule has 0 radical (unpaired) electrons. The molecule has 3 nitrogen and oxygen atoms in total. The summed E-state index contributed by atoms with van der Waals surface area (Å²) in [5.41, 5.74) is 2.65. The molecule has 0 aliphatic carbocycles. The maximum absolute atomic E-state index is 5.85. The zero-order chi connectivity index (χ0) is 14.3. The number of hydrogen-bond acceptors (Lipinski definition) is 2.